The zero-order chi connectivity index (χ0) is 13.4. The van der Waals surface area contributed by atoms with Crippen LogP contribution in [0.1, 0.15) is 22.9 Å². The van der Waals surface area contributed by atoms with Gasteiger partial charge in [-0.2, -0.15) is 4.98 Å². The Labute approximate surface area is 111 Å². The van der Waals surface area contributed by atoms with E-state index >= 15 is 0 Å². The van der Waals surface area contributed by atoms with E-state index in [1.807, 2.05) is 19.9 Å². The molecule has 2 aromatic heterocycles. The van der Waals surface area contributed by atoms with Crippen molar-refractivity contribution in [3.8, 4) is 11.5 Å². The molecule has 100 valence electrons. The van der Waals surface area contributed by atoms with E-state index in [9.17, 15) is 0 Å². The van der Waals surface area contributed by atoms with Crippen molar-refractivity contribution in [3.63, 3.8) is 0 Å². The normalized spacial score (nSPS) is 22.9. The molecule has 0 amide bonds. The van der Waals surface area contributed by atoms with Gasteiger partial charge in [-0.3, -0.25) is 4.98 Å². The van der Waals surface area contributed by atoms with Crippen LogP contribution < -0.4 is 5.73 Å². The summed E-state index contributed by atoms with van der Waals surface area (Å²) in [6.45, 7) is 5.05. The van der Waals surface area contributed by atoms with Crippen LogP contribution in [0, 0.1) is 13.8 Å². The fourth-order valence-electron chi connectivity index (χ4n) is 2.26. The minimum atomic E-state index is -0.0830. The predicted molar refractivity (Wildman–Crippen MR) is 68.5 cm³/mol. The van der Waals surface area contributed by atoms with Crippen LogP contribution in [0.5, 0.6) is 0 Å². The fourth-order valence-corrected chi connectivity index (χ4v) is 2.26. The average Bonchev–Trinajstić information content (AvgIpc) is 2.97. The first kappa shape index (κ1) is 12.3. The molecule has 0 aromatic carbocycles. The van der Waals surface area contributed by atoms with Gasteiger partial charge in [-0.15, -0.1) is 0 Å². The summed E-state index contributed by atoms with van der Waals surface area (Å²) in [4.78, 5) is 8.76. The van der Waals surface area contributed by atoms with E-state index in [2.05, 4.69) is 15.1 Å². The maximum atomic E-state index is 5.94. The molecular formula is C13H16N4O2. The van der Waals surface area contributed by atoms with E-state index in [4.69, 9.17) is 15.0 Å². The summed E-state index contributed by atoms with van der Waals surface area (Å²) in [6.07, 6.45) is 1.79. The number of hydrogen-bond donors (Lipinski definition) is 1. The maximum absolute atomic E-state index is 5.94. The zero-order valence-corrected chi connectivity index (χ0v) is 11.0. The van der Waals surface area contributed by atoms with E-state index in [1.54, 1.807) is 6.20 Å². The zero-order valence-electron chi connectivity index (χ0n) is 11.0. The summed E-state index contributed by atoms with van der Waals surface area (Å²) < 4.78 is 10.6. The van der Waals surface area contributed by atoms with Gasteiger partial charge < -0.3 is 15.0 Å². The highest BCUT2D eigenvalue weighted by Gasteiger charge is 2.31. The van der Waals surface area contributed by atoms with Crippen LogP contribution in [0.3, 0.4) is 0 Å². The van der Waals surface area contributed by atoms with Crippen molar-refractivity contribution in [2.75, 3.05) is 13.2 Å². The Kier molecular flexibility index (Phi) is 3.04. The molecule has 0 bridgehead atoms. The van der Waals surface area contributed by atoms with Crippen LogP contribution in [0.25, 0.3) is 11.5 Å². The second-order valence-electron chi connectivity index (χ2n) is 4.94. The lowest BCUT2D eigenvalue weighted by Gasteiger charge is -2.06. The number of nitrogens with zero attached hydrogens (tertiary/aromatic N) is 3. The van der Waals surface area contributed by atoms with Gasteiger partial charge in [-0.25, -0.2) is 0 Å². The number of ether oxygens (including phenoxy) is 1. The molecule has 0 spiro atoms. The molecule has 2 N–H and O–H groups in total. The summed E-state index contributed by atoms with van der Waals surface area (Å²) in [5.41, 5.74) is 8.82. The van der Waals surface area contributed by atoms with Gasteiger partial charge in [0.1, 0.15) is 5.69 Å². The molecule has 1 fully saturated rings. The fraction of sp³-hybridized carbons (Fsp3) is 0.462. The van der Waals surface area contributed by atoms with Gasteiger partial charge in [0.25, 0.3) is 0 Å². The molecule has 3 rings (SSSR count). The number of rotatable bonds is 2. The standard InChI is InChI=1S/C13H16N4O2/c1-7-3-8(2)11(15-4-7)12-16-13(19-17-12)9-5-18-6-10(9)14/h3-4,9-10H,5-6,14H2,1-2H3. The van der Waals surface area contributed by atoms with Crippen molar-refractivity contribution < 1.29 is 9.26 Å². The minimum Gasteiger partial charge on any atom is -0.379 e. The molecule has 6 nitrogen and oxygen atoms in total. The Balaban J connectivity index is 1.92. The van der Waals surface area contributed by atoms with Crippen LogP contribution in [0.2, 0.25) is 0 Å². The number of aryl methyl sites for hydroxylation is 2. The molecule has 0 saturated carbocycles. The largest absolute Gasteiger partial charge is 0.379 e. The van der Waals surface area contributed by atoms with Gasteiger partial charge in [-0.05, 0) is 25.0 Å². The third-order valence-corrected chi connectivity index (χ3v) is 3.31. The van der Waals surface area contributed by atoms with Gasteiger partial charge in [-0.1, -0.05) is 11.2 Å². The van der Waals surface area contributed by atoms with Gasteiger partial charge in [0, 0.05) is 12.2 Å². The Morgan fingerprint density at radius 1 is 1.32 bits per heavy atom. The smallest absolute Gasteiger partial charge is 0.234 e. The summed E-state index contributed by atoms with van der Waals surface area (Å²) in [7, 11) is 0. The molecule has 2 unspecified atom stereocenters. The quantitative estimate of drug-likeness (QED) is 0.872. The molecule has 3 heterocycles. The Hall–Kier alpha value is -1.79. The molecule has 0 aliphatic carbocycles. The maximum Gasteiger partial charge on any atom is 0.234 e. The molecule has 6 heteroatoms. The first-order chi connectivity index (χ1) is 9.15. The molecule has 1 saturated heterocycles. The van der Waals surface area contributed by atoms with Crippen molar-refractivity contribution in [2.24, 2.45) is 5.73 Å². The Morgan fingerprint density at radius 2 is 2.16 bits per heavy atom. The van der Waals surface area contributed by atoms with E-state index in [0.717, 1.165) is 16.8 Å². The van der Waals surface area contributed by atoms with Gasteiger partial charge in [0.05, 0.1) is 19.1 Å². The highest BCUT2D eigenvalue weighted by atomic mass is 16.5. The Morgan fingerprint density at radius 3 is 2.84 bits per heavy atom. The summed E-state index contributed by atoms with van der Waals surface area (Å²) in [5.74, 6) is 1.01. The summed E-state index contributed by atoms with van der Waals surface area (Å²) >= 11 is 0. The van der Waals surface area contributed by atoms with Crippen molar-refractivity contribution in [3.05, 3.63) is 29.3 Å². The van der Waals surface area contributed by atoms with Crippen molar-refractivity contribution in [1.82, 2.24) is 15.1 Å². The Bertz CT molecular complexity index is 596. The SMILES string of the molecule is Cc1cnc(-c2noc(C3COCC3N)n2)c(C)c1. The lowest BCUT2D eigenvalue weighted by molar-refractivity contribution is 0.187. The average molecular weight is 260 g/mol. The molecule has 19 heavy (non-hydrogen) atoms. The second-order valence-corrected chi connectivity index (χ2v) is 4.94. The molecule has 1 aliphatic rings. The van der Waals surface area contributed by atoms with Crippen LogP contribution in [0.15, 0.2) is 16.8 Å². The van der Waals surface area contributed by atoms with Crippen molar-refractivity contribution in [1.29, 1.82) is 0 Å². The third kappa shape index (κ3) is 2.24. The first-order valence-electron chi connectivity index (χ1n) is 6.25. The monoisotopic (exact) mass is 260 g/mol. The number of hydrogen-bond acceptors (Lipinski definition) is 6. The van der Waals surface area contributed by atoms with Crippen LogP contribution in [-0.2, 0) is 4.74 Å². The van der Waals surface area contributed by atoms with E-state index in [0.29, 0.717) is 24.9 Å². The number of nitrogens with two attached hydrogens (primary N) is 1. The lowest BCUT2D eigenvalue weighted by Crippen LogP contribution is -2.27. The molecule has 2 atom stereocenters. The molecule has 0 radical (unpaired) electrons. The topological polar surface area (TPSA) is 87.1 Å². The van der Waals surface area contributed by atoms with Crippen LogP contribution >= 0.6 is 0 Å². The van der Waals surface area contributed by atoms with Crippen molar-refractivity contribution in [2.45, 2.75) is 25.8 Å². The van der Waals surface area contributed by atoms with E-state index < -0.39 is 0 Å². The summed E-state index contributed by atoms with van der Waals surface area (Å²) in [5, 5.41) is 4.00. The number of pyridine rings is 1. The minimum absolute atomic E-state index is 0.0213. The first-order valence-corrected chi connectivity index (χ1v) is 6.25. The lowest BCUT2D eigenvalue weighted by atomic mass is 10.1. The van der Waals surface area contributed by atoms with Gasteiger partial charge in [0.15, 0.2) is 0 Å². The second kappa shape index (κ2) is 4.71. The molecular weight excluding hydrogens is 244 g/mol. The van der Waals surface area contributed by atoms with E-state index in [-0.39, 0.29) is 12.0 Å². The van der Waals surface area contributed by atoms with Crippen LogP contribution in [0.4, 0.5) is 0 Å². The van der Waals surface area contributed by atoms with Crippen molar-refractivity contribution >= 4 is 0 Å². The van der Waals surface area contributed by atoms with Gasteiger partial charge >= 0.3 is 0 Å². The van der Waals surface area contributed by atoms with Crippen LogP contribution in [-0.4, -0.2) is 34.4 Å². The van der Waals surface area contributed by atoms with Gasteiger partial charge in [0.2, 0.25) is 11.7 Å². The molecule has 1 aliphatic heterocycles. The highest BCUT2D eigenvalue weighted by molar-refractivity contribution is 5.54. The van der Waals surface area contributed by atoms with E-state index in [1.165, 1.54) is 0 Å². The number of aromatic nitrogens is 3. The molecule has 2 aromatic rings. The highest BCUT2D eigenvalue weighted by Crippen LogP contribution is 2.26. The summed E-state index contributed by atoms with van der Waals surface area (Å²) in [6, 6.07) is 1.96. The third-order valence-electron chi connectivity index (χ3n) is 3.31. The predicted octanol–water partition coefficient (Wildman–Crippen LogP) is 1.19.